The Balaban J connectivity index is 2.14. The monoisotopic (exact) mass is 326 g/mol. The predicted molar refractivity (Wildman–Crippen MR) is 86.6 cm³/mol. The van der Waals surface area contributed by atoms with Crippen molar-refractivity contribution in [1.29, 1.82) is 0 Å². The summed E-state index contributed by atoms with van der Waals surface area (Å²) in [5.74, 6) is 1.20. The molecule has 114 valence electrons. The Bertz CT molecular complexity index is 601. The zero-order chi connectivity index (χ0) is 15.2. The summed E-state index contributed by atoms with van der Waals surface area (Å²) >= 11 is 7.91. The highest BCUT2D eigenvalue weighted by Crippen LogP contribution is 2.37. The van der Waals surface area contributed by atoms with Gasteiger partial charge in [-0.25, -0.2) is 4.98 Å². The molecule has 6 heteroatoms. The van der Waals surface area contributed by atoms with Crippen molar-refractivity contribution in [3.8, 4) is 11.5 Å². The fraction of sp³-hybridized carbons (Fsp3) is 0.400. The van der Waals surface area contributed by atoms with Crippen molar-refractivity contribution in [1.82, 2.24) is 10.3 Å². The van der Waals surface area contributed by atoms with Crippen molar-refractivity contribution < 1.29 is 9.47 Å². The maximum absolute atomic E-state index is 6.31. The maximum Gasteiger partial charge on any atom is 0.180 e. The fourth-order valence-electron chi connectivity index (χ4n) is 1.91. The van der Waals surface area contributed by atoms with E-state index in [1.807, 2.05) is 24.4 Å². The van der Waals surface area contributed by atoms with Gasteiger partial charge in [0, 0.05) is 11.9 Å². The first-order valence-corrected chi connectivity index (χ1v) is 8.00. The van der Waals surface area contributed by atoms with Crippen molar-refractivity contribution in [3.63, 3.8) is 0 Å². The summed E-state index contributed by atoms with van der Waals surface area (Å²) in [6, 6.07) is 3.84. The van der Waals surface area contributed by atoms with Crippen LogP contribution >= 0.6 is 22.9 Å². The molecule has 0 unspecified atom stereocenters. The molecule has 1 N–H and O–H groups in total. The molecule has 21 heavy (non-hydrogen) atoms. The third-order valence-corrected chi connectivity index (χ3v) is 4.00. The highest BCUT2D eigenvalue weighted by Gasteiger charge is 2.13. The molecule has 0 aliphatic rings. The van der Waals surface area contributed by atoms with Gasteiger partial charge < -0.3 is 14.8 Å². The third kappa shape index (κ3) is 4.33. The Morgan fingerprint density at radius 2 is 2.19 bits per heavy atom. The van der Waals surface area contributed by atoms with Crippen LogP contribution in [0.1, 0.15) is 23.2 Å². The molecule has 0 saturated heterocycles. The Labute approximate surface area is 134 Å². The van der Waals surface area contributed by atoms with Gasteiger partial charge >= 0.3 is 0 Å². The summed E-state index contributed by atoms with van der Waals surface area (Å²) in [6.45, 7) is 6.07. The minimum Gasteiger partial charge on any atom is -0.493 e. The van der Waals surface area contributed by atoms with Crippen LogP contribution in [0.3, 0.4) is 0 Å². The number of benzene rings is 1. The number of ether oxygens (including phenoxy) is 2. The quantitative estimate of drug-likeness (QED) is 0.840. The molecule has 4 nitrogen and oxygen atoms in total. The zero-order valence-electron chi connectivity index (χ0n) is 12.4. The summed E-state index contributed by atoms with van der Waals surface area (Å²) in [5, 5.41) is 6.81. The third-order valence-electron chi connectivity index (χ3n) is 2.90. The van der Waals surface area contributed by atoms with Gasteiger partial charge in [-0.3, -0.25) is 0 Å². The van der Waals surface area contributed by atoms with Gasteiger partial charge in [-0.15, -0.1) is 11.3 Å². The van der Waals surface area contributed by atoms with Gasteiger partial charge in [0.1, 0.15) is 6.61 Å². The smallest absolute Gasteiger partial charge is 0.180 e. The van der Waals surface area contributed by atoms with Gasteiger partial charge in [-0.1, -0.05) is 18.5 Å². The maximum atomic E-state index is 6.31. The van der Waals surface area contributed by atoms with E-state index in [4.69, 9.17) is 21.1 Å². The Hall–Kier alpha value is -1.30. The molecule has 1 aromatic heterocycles. The highest BCUT2D eigenvalue weighted by atomic mass is 35.5. The summed E-state index contributed by atoms with van der Waals surface area (Å²) in [5.41, 5.74) is 1.96. The second-order valence-corrected chi connectivity index (χ2v) is 6.01. The van der Waals surface area contributed by atoms with E-state index < -0.39 is 0 Å². The first-order chi connectivity index (χ1) is 10.1. The topological polar surface area (TPSA) is 43.4 Å². The van der Waals surface area contributed by atoms with Crippen molar-refractivity contribution in [3.05, 3.63) is 38.8 Å². The zero-order valence-corrected chi connectivity index (χ0v) is 14.0. The van der Waals surface area contributed by atoms with E-state index in [0.717, 1.165) is 29.4 Å². The van der Waals surface area contributed by atoms with E-state index in [-0.39, 0.29) is 0 Å². The molecule has 2 rings (SSSR count). The van der Waals surface area contributed by atoms with Gasteiger partial charge in [-0.05, 0) is 31.2 Å². The minimum atomic E-state index is 0.382. The number of rotatable bonds is 7. The standard InChI is InChI=1S/C15H19ClN2O2S/c1-4-17-7-11-5-13(16)15(14(6-11)19-3)20-8-12-9-21-10(2)18-12/h5-6,9,17H,4,7-8H2,1-3H3. The van der Waals surface area contributed by atoms with Gasteiger partial charge in [0.2, 0.25) is 0 Å². The lowest BCUT2D eigenvalue weighted by atomic mass is 10.2. The van der Waals surface area contributed by atoms with Crippen molar-refractivity contribution in [2.75, 3.05) is 13.7 Å². The summed E-state index contributed by atoms with van der Waals surface area (Å²) < 4.78 is 11.2. The number of thiazole rings is 1. The Kier molecular flexibility index (Phi) is 5.85. The molecular weight excluding hydrogens is 308 g/mol. The predicted octanol–water partition coefficient (Wildman–Crippen LogP) is 3.80. The molecule has 0 aliphatic heterocycles. The van der Waals surface area contributed by atoms with E-state index >= 15 is 0 Å². The van der Waals surface area contributed by atoms with Crippen molar-refractivity contribution >= 4 is 22.9 Å². The number of methoxy groups -OCH3 is 1. The lowest BCUT2D eigenvalue weighted by Crippen LogP contribution is -2.12. The molecule has 1 aromatic carbocycles. The molecule has 0 radical (unpaired) electrons. The average molecular weight is 327 g/mol. The fourth-order valence-corrected chi connectivity index (χ4v) is 2.79. The minimum absolute atomic E-state index is 0.382. The average Bonchev–Trinajstić information content (AvgIpc) is 2.89. The van der Waals surface area contributed by atoms with Crippen LogP contribution in [0, 0.1) is 6.92 Å². The molecule has 0 fully saturated rings. The largest absolute Gasteiger partial charge is 0.493 e. The second kappa shape index (κ2) is 7.64. The molecule has 0 aliphatic carbocycles. The van der Waals surface area contributed by atoms with Crippen LogP contribution in [0.2, 0.25) is 5.02 Å². The molecule has 0 saturated carbocycles. The lowest BCUT2D eigenvalue weighted by molar-refractivity contribution is 0.281. The number of halogens is 1. The van der Waals surface area contributed by atoms with Gasteiger partial charge in [-0.2, -0.15) is 0 Å². The Morgan fingerprint density at radius 3 is 2.81 bits per heavy atom. The SMILES string of the molecule is CCNCc1cc(Cl)c(OCc2csc(C)n2)c(OC)c1. The van der Waals surface area contributed by atoms with Crippen LogP contribution in [0.15, 0.2) is 17.5 Å². The van der Waals surface area contributed by atoms with Crippen LogP contribution in [0.4, 0.5) is 0 Å². The van der Waals surface area contributed by atoms with Crippen molar-refractivity contribution in [2.24, 2.45) is 0 Å². The van der Waals surface area contributed by atoms with Crippen LogP contribution in [-0.2, 0) is 13.2 Å². The van der Waals surface area contributed by atoms with E-state index in [0.29, 0.717) is 23.1 Å². The van der Waals surface area contributed by atoms with Crippen LogP contribution in [0.25, 0.3) is 0 Å². The molecule has 0 atom stereocenters. The van der Waals surface area contributed by atoms with Crippen molar-refractivity contribution in [2.45, 2.75) is 27.0 Å². The summed E-state index contributed by atoms with van der Waals surface area (Å²) in [4.78, 5) is 4.37. The van der Waals surface area contributed by atoms with Gasteiger partial charge in [0.15, 0.2) is 11.5 Å². The molecular formula is C15H19ClN2O2S. The number of aromatic nitrogens is 1. The molecule has 0 amide bonds. The van der Waals surface area contributed by atoms with Gasteiger partial charge in [0.05, 0.1) is 22.8 Å². The lowest BCUT2D eigenvalue weighted by Gasteiger charge is -2.14. The molecule has 0 bridgehead atoms. The van der Waals surface area contributed by atoms with E-state index in [9.17, 15) is 0 Å². The van der Waals surface area contributed by atoms with Crippen LogP contribution in [0.5, 0.6) is 11.5 Å². The van der Waals surface area contributed by atoms with E-state index in [1.54, 1.807) is 18.4 Å². The Morgan fingerprint density at radius 1 is 1.38 bits per heavy atom. The molecule has 2 aromatic rings. The normalized spacial score (nSPS) is 10.7. The summed E-state index contributed by atoms with van der Waals surface area (Å²) in [7, 11) is 1.61. The van der Waals surface area contributed by atoms with E-state index in [2.05, 4.69) is 17.2 Å². The van der Waals surface area contributed by atoms with Crippen LogP contribution in [-0.4, -0.2) is 18.6 Å². The first-order valence-electron chi connectivity index (χ1n) is 6.75. The number of nitrogens with one attached hydrogen (secondary N) is 1. The van der Waals surface area contributed by atoms with E-state index in [1.165, 1.54) is 0 Å². The number of nitrogens with zero attached hydrogens (tertiary/aromatic N) is 1. The molecule has 0 spiro atoms. The summed E-state index contributed by atoms with van der Waals surface area (Å²) in [6.07, 6.45) is 0. The van der Waals surface area contributed by atoms with Gasteiger partial charge in [0.25, 0.3) is 0 Å². The second-order valence-electron chi connectivity index (χ2n) is 4.54. The number of aryl methyl sites for hydroxylation is 1. The highest BCUT2D eigenvalue weighted by molar-refractivity contribution is 7.09. The molecule has 1 heterocycles. The van der Waals surface area contributed by atoms with Crippen LogP contribution < -0.4 is 14.8 Å². The number of hydrogen-bond acceptors (Lipinski definition) is 5. The number of hydrogen-bond donors (Lipinski definition) is 1. The first kappa shape index (κ1) is 16.1.